The molecule has 0 spiro atoms. The van der Waals surface area contributed by atoms with Crippen LogP contribution in [0.3, 0.4) is 0 Å². The van der Waals surface area contributed by atoms with Gasteiger partial charge in [-0.2, -0.15) is 0 Å². The van der Waals surface area contributed by atoms with Gasteiger partial charge in [0.05, 0.1) is 0 Å². The molecular weight excluding hydrogens is 170 g/mol. The van der Waals surface area contributed by atoms with Crippen LogP contribution in [0.5, 0.6) is 0 Å². The van der Waals surface area contributed by atoms with Crippen LogP contribution in [0, 0.1) is 28.6 Å². The summed E-state index contributed by atoms with van der Waals surface area (Å²) in [6.45, 7) is 10.6. The van der Waals surface area contributed by atoms with Gasteiger partial charge in [0.25, 0.3) is 0 Å². The van der Waals surface area contributed by atoms with Gasteiger partial charge in [-0.1, -0.05) is 27.7 Å². The van der Waals surface area contributed by atoms with Crippen LogP contribution >= 0.6 is 0 Å². The Morgan fingerprint density at radius 3 is 2.36 bits per heavy atom. The summed E-state index contributed by atoms with van der Waals surface area (Å²) >= 11 is 0. The Labute approximate surface area is 88.4 Å². The molecule has 82 valence electrons. The van der Waals surface area contributed by atoms with E-state index in [1.807, 2.05) is 0 Å². The first kappa shape index (κ1) is 10.5. The van der Waals surface area contributed by atoms with E-state index in [1.165, 1.54) is 19.3 Å². The molecule has 0 amide bonds. The molecule has 14 heavy (non-hydrogen) atoms. The van der Waals surface area contributed by atoms with Gasteiger partial charge in [0.2, 0.25) is 0 Å². The molecule has 2 aliphatic carbocycles. The van der Waals surface area contributed by atoms with Crippen molar-refractivity contribution in [3.8, 4) is 0 Å². The van der Waals surface area contributed by atoms with Crippen molar-refractivity contribution < 1.29 is 0 Å². The lowest BCUT2D eigenvalue weighted by Gasteiger charge is -2.43. The Morgan fingerprint density at radius 2 is 2.00 bits per heavy atom. The maximum absolute atomic E-state index is 6.11. The molecule has 0 radical (unpaired) electrons. The highest BCUT2D eigenvalue weighted by atomic mass is 14.7. The number of hydrogen-bond acceptors (Lipinski definition) is 1. The summed E-state index contributed by atoms with van der Waals surface area (Å²) < 4.78 is 0. The Bertz CT molecular complexity index is 231. The van der Waals surface area contributed by atoms with E-state index in [4.69, 9.17) is 5.73 Å². The number of rotatable bonds is 2. The average molecular weight is 195 g/mol. The second-order valence-electron chi connectivity index (χ2n) is 6.40. The minimum atomic E-state index is 0.464. The summed E-state index contributed by atoms with van der Waals surface area (Å²) in [6.07, 6.45) is 4.24. The third-order valence-electron chi connectivity index (χ3n) is 5.66. The van der Waals surface area contributed by atoms with Gasteiger partial charge < -0.3 is 5.73 Å². The van der Waals surface area contributed by atoms with Crippen molar-refractivity contribution in [2.75, 3.05) is 6.54 Å². The minimum Gasteiger partial charge on any atom is -0.330 e. The van der Waals surface area contributed by atoms with E-state index < -0.39 is 0 Å². The van der Waals surface area contributed by atoms with Gasteiger partial charge in [-0.3, -0.25) is 0 Å². The van der Waals surface area contributed by atoms with Crippen molar-refractivity contribution >= 4 is 0 Å². The van der Waals surface area contributed by atoms with Crippen LogP contribution in [0.4, 0.5) is 0 Å². The first-order valence-electron chi connectivity index (χ1n) is 6.16. The second-order valence-corrected chi connectivity index (χ2v) is 6.40. The average Bonchev–Trinajstić information content (AvgIpc) is 2.51. The normalized spacial score (nSPS) is 45.0. The first-order valence-corrected chi connectivity index (χ1v) is 6.16. The minimum absolute atomic E-state index is 0.464. The second kappa shape index (κ2) is 2.98. The molecule has 2 aliphatic rings. The van der Waals surface area contributed by atoms with E-state index in [9.17, 15) is 0 Å². The standard InChI is InChI=1S/C13H25N/c1-9(2)11-7-10-5-6-13(11,8-14)12(10,3)4/h9-11H,5-8,14H2,1-4H3. The molecule has 0 aromatic carbocycles. The van der Waals surface area contributed by atoms with Gasteiger partial charge in [0, 0.05) is 0 Å². The highest BCUT2D eigenvalue weighted by molar-refractivity contribution is 5.12. The lowest BCUT2D eigenvalue weighted by molar-refractivity contribution is 0.0643. The smallest absolute Gasteiger partial charge is 0.00125 e. The number of nitrogens with two attached hydrogens (primary N) is 1. The first-order chi connectivity index (χ1) is 6.45. The zero-order valence-electron chi connectivity index (χ0n) is 10.1. The lowest BCUT2D eigenvalue weighted by atomic mass is 9.62. The molecule has 3 atom stereocenters. The molecule has 1 nitrogen and oxygen atoms in total. The summed E-state index contributed by atoms with van der Waals surface area (Å²) in [5.74, 6) is 2.63. The third kappa shape index (κ3) is 0.997. The largest absolute Gasteiger partial charge is 0.330 e. The van der Waals surface area contributed by atoms with Gasteiger partial charge in [-0.25, -0.2) is 0 Å². The molecule has 1 heteroatoms. The third-order valence-corrected chi connectivity index (χ3v) is 5.66. The SMILES string of the molecule is CC(C)C1CC2CCC1(CN)C2(C)C. The monoisotopic (exact) mass is 195 g/mol. The van der Waals surface area contributed by atoms with Crippen molar-refractivity contribution in [2.24, 2.45) is 34.3 Å². The topological polar surface area (TPSA) is 26.0 Å². The van der Waals surface area contributed by atoms with Crippen LogP contribution in [0.15, 0.2) is 0 Å². The predicted octanol–water partition coefficient (Wildman–Crippen LogP) is 3.04. The molecule has 0 saturated heterocycles. The van der Waals surface area contributed by atoms with E-state index >= 15 is 0 Å². The van der Waals surface area contributed by atoms with E-state index in [2.05, 4.69) is 27.7 Å². The Balaban J connectivity index is 2.36. The Hall–Kier alpha value is -0.0400. The molecule has 3 unspecified atom stereocenters. The van der Waals surface area contributed by atoms with Crippen LogP contribution in [0.2, 0.25) is 0 Å². The van der Waals surface area contributed by atoms with Gasteiger partial charge in [0.15, 0.2) is 0 Å². The van der Waals surface area contributed by atoms with Crippen LogP contribution in [-0.4, -0.2) is 6.54 Å². The fraction of sp³-hybridized carbons (Fsp3) is 1.00. The quantitative estimate of drug-likeness (QED) is 0.720. The molecule has 0 aliphatic heterocycles. The molecule has 0 aromatic rings. The molecule has 2 N–H and O–H groups in total. The van der Waals surface area contributed by atoms with E-state index in [0.29, 0.717) is 10.8 Å². The summed E-state index contributed by atoms with van der Waals surface area (Å²) in [5.41, 5.74) is 7.07. The van der Waals surface area contributed by atoms with Crippen molar-refractivity contribution in [2.45, 2.75) is 47.0 Å². The molecule has 0 heterocycles. The predicted molar refractivity (Wildman–Crippen MR) is 60.9 cm³/mol. The van der Waals surface area contributed by atoms with E-state index in [0.717, 1.165) is 24.3 Å². The van der Waals surface area contributed by atoms with Gasteiger partial charge in [0.1, 0.15) is 0 Å². The van der Waals surface area contributed by atoms with Crippen molar-refractivity contribution in [3.05, 3.63) is 0 Å². The summed E-state index contributed by atoms with van der Waals surface area (Å²) in [7, 11) is 0. The van der Waals surface area contributed by atoms with Crippen molar-refractivity contribution in [1.82, 2.24) is 0 Å². The molecular formula is C13H25N. The zero-order chi connectivity index (χ0) is 10.6. The highest BCUT2D eigenvalue weighted by Gasteiger charge is 2.63. The summed E-state index contributed by atoms with van der Waals surface area (Å²) in [5, 5.41) is 0. The maximum atomic E-state index is 6.11. The summed E-state index contributed by atoms with van der Waals surface area (Å²) in [4.78, 5) is 0. The number of fused-ring (bicyclic) bond motifs is 2. The van der Waals surface area contributed by atoms with Crippen molar-refractivity contribution in [3.63, 3.8) is 0 Å². The molecule has 2 saturated carbocycles. The van der Waals surface area contributed by atoms with Gasteiger partial charge in [-0.05, 0) is 54.4 Å². The molecule has 2 bridgehead atoms. The van der Waals surface area contributed by atoms with Gasteiger partial charge in [-0.15, -0.1) is 0 Å². The Morgan fingerprint density at radius 1 is 1.36 bits per heavy atom. The molecule has 2 rings (SSSR count). The van der Waals surface area contributed by atoms with Crippen LogP contribution in [-0.2, 0) is 0 Å². The van der Waals surface area contributed by atoms with E-state index in [-0.39, 0.29) is 0 Å². The van der Waals surface area contributed by atoms with Gasteiger partial charge >= 0.3 is 0 Å². The fourth-order valence-electron chi connectivity index (χ4n) is 4.56. The zero-order valence-corrected chi connectivity index (χ0v) is 10.1. The fourth-order valence-corrected chi connectivity index (χ4v) is 4.56. The maximum Gasteiger partial charge on any atom is -0.00125 e. The summed E-state index contributed by atoms with van der Waals surface area (Å²) in [6, 6.07) is 0. The lowest BCUT2D eigenvalue weighted by Crippen LogP contribution is -2.43. The number of hydrogen-bond donors (Lipinski definition) is 1. The van der Waals surface area contributed by atoms with Crippen LogP contribution < -0.4 is 5.73 Å². The van der Waals surface area contributed by atoms with E-state index in [1.54, 1.807) is 0 Å². The molecule has 2 fully saturated rings. The van der Waals surface area contributed by atoms with Crippen LogP contribution in [0.1, 0.15) is 47.0 Å². The highest BCUT2D eigenvalue weighted by Crippen LogP contribution is 2.69. The Kier molecular flexibility index (Phi) is 2.23. The van der Waals surface area contributed by atoms with Crippen molar-refractivity contribution in [1.29, 1.82) is 0 Å². The molecule has 0 aromatic heterocycles. The van der Waals surface area contributed by atoms with Crippen LogP contribution in [0.25, 0.3) is 0 Å².